The number of carbonyl (C=O) groups is 2. The molecule has 4 rings (SSSR count). The molecule has 2 aliphatic carbocycles. The molecular weight excluding hydrogens is 302 g/mol. The van der Waals surface area contributed by atoms with E-state index in [0.717, 1.165) is 31.2 Å². The quantitative estimate of drug-likeness (QED) is 0.632. The van der Waals surface area contributed by atoms with Gasteiger partial charge in [0, 0.05) is 12.5 Å². The molecule has 1 aliphatic heterocycles. The highest BCUT2D eigenvalue weighted by atomic mass is 16.5. The molecule has 0 spiro atoms. The zero-order chi connectivity index (χ0) is 16.5. The Morgan fingerprint density at radius 3 is 2.67 bits per heavy atom. The molecule has 2 fully saturated rings. The van der Waals surface area contributed by atoms with Gasteiger partial charge in [-0.1, -0.05) is 42.5 Å². The van der Waals surface area contributed by atoms with Crippen molar-refractivity contribution in [2.75, 3.05) is 6.54 Å². The number of allylic oxidation sites excluding steroid dienone is 2. The Bertz CT molecular complexity index is 654. The van der Waals surface area contributed by atoms with Crippen LogP contribution in [0.15, 0.2) is 42.5 Å². The van der Waals surface area contributed by atoms with E-state index >= 15 is 0 Å². The summed E-state index contributed by atoms with van der Waals surface area (Å²) in [5, 5.41) is 0. The molecule has 2 bridgehead atoms. The minimum Gasteiger partial charge on any atom is -0.459 e. The molecular formula is C20H23NO3. The summed E-state index contributed by atoms with van der Waals surface area (Å²) >= 11 is 0. The van der Waals surface area contributed by atoms with Gasteiger partial charge in [0.05, 0.1) is 0 Å². The molecule has 1 saturated carbocycles. The highest BCUT2D eigenvalue weighted by Gasteiger charge is 2.45. The maximum absolute atomic E-state index is 12.9. The van der Waals surface area contributed by atoms with Gasteiger partial charge in [0.1, 0.15) is 12.6 Å². The number of benzene rings is 1. The molecule has 0 unspecified atom stereocenters. The van der Waals surface area contributed by atoms with Crippen molar-refractivity contribution < 1.29 is 14.3 Å². The number of hydrogen-bond donors (Lipinski definition) is 0. The van der Waals surface area contributed by atoms with Crippen LogP contribution in [0, 0.1) is 17.8 Å². The molecule has 1 amide bonds. The molecule has 3 aliphatic rings. The first-order valence-corrected chi connectivity index (χ1v) is 8.92. The Morgan fingerprint density at radius 1 is 1.12 bits per heavy atom. The predicted octanol–water partition coefficient (Wildman–Crippen LogP) is 2.93. The molecule has 1 heterocycles. The van der Waals surface area contributed by atoms with Crippen LogP contribution in [0.2, 0.25) is 0 Å². The largest absolute Gasteiger partial charge is 0.459 e. The molecule has 4 nitrogen and oxygen atoms in total. The van der Waals surface area contributed by atoms with E-state index in [1.807, 2.05) is 30.3 Å². The van der Waals surface area contributed by atoms with E-state index in [2.05, 4.69) is 12.2 Å². The zero-order valence-corrected chi connectivity index (χ0v) is 13.8. The molecule has 0 aromatic heterocycles. The van der Waals surface area contributed by atoms with Gasteiger partial charge in [-0.05, 0) is 43.1 Å². The second kappa shape index (κ2) is 6.42. The van der Waals surface area contributed by atoms with Gasteiger partial charge in [0.25, 0.3) is 0 Å². The maximum atomic E-state index is 12.9. The van der Waals surface area contributed by atoms with E-state index in [0.29, 0.717) is 18.4 Å². The smallest absolute Gasteiger partial charge is 0.329 e. The van der Waals surface area contributed by atoms with Crippen molar-refractivity contribution in [2.45, 2.75) is 38.3 Å². The number of likely N-dealkylation sites (tertiary alicyclic amines) is 1. The number of hydrogen-bond acceptors (Lipinski definition) is 3. The average molecular weight is 325 g/mol. The fourth-order valence-electron chi connectivity index (χ4n) is 4.38. The van der Waals surface area contributed by atoms with Gasteiger partial charge in [0.2, 0.25) is 5.91 Å². The Kier molecular flexibility index (Phi) is 4.13. The van der Waals surface area contributed by atoms with Crippen LogP contribution in [0.4, 0.5) is 0 Å². The van der Waals surface area contributed by atoms with E-state index < -0.39 is 6.04 Å². The Hall–Kier alpha value is -2.10. The summed E-state index contributed by atoms with van der Waals surface area (Å²) < 4.78 is 5.47. The third kappa shape index (κ3) is 2.85. The van der Waals surface area contributed by atoms with Crippen molar-refractivity contribution >= 4 is 11.9 Å². The average Bonchev–Trinajstić information content (AvgIpc) is 3.35. The lowest BCUT2D eigenvalue weighted by Crippen LogP contribution is -2.45. The number of ether oxygens (including phenoxy) is 1. The van der Waals surface area contributed by atoms with Crippen molar-refractivity contribution in [1.82, 2.24) is 4.90 Å². The molecule has 0 radical (unpaired) electrons. The second-order valence-electron chi connectivity index (χ2n) is 7.17. The number of esters is 1. The minimum absolute atomic E-state index is 0.0718. The summed E-state index contributed by atoms with van der Waals surface area (Å²) in [5.41, 5.74) is 0.972. The van der Waals surface area contributed by atoms with Crippen LogP contribution in [0.1, 0.15) is 31.2 Å². The van der Waals surface area contributed by atoms with Crippen molar-refractivity contribution in [2.24, 2.45) is 17.8 Å². The Labute approximate surface area is 142 Å². The van der Waals surface area contributed by atoms with Gasteiger partial charge >= 0.3 is 5.97 Å². The van der Waals surface area contributed by atoms with Crippen molar-refractivity contribution in [1.29, 1.82) is 0 Å². The van der Waals surface area contributed by atoms with Crippen molar-refractivity contribution in [3.05, 3.63) is 48.0 Å². The highest BCUT2D eigenvalue weighted by molar-refractivity contribution is 5.87. The molecule has 1 saturated heterocycles. The first-order chi connectivity index (χ1) is 11.7. The fourth-order valence-corrected chi connectivity index (χ4v) is 4.38. The fraction of sp³-hybridized carbons (Fsp3) is 0.500. The first-order valence-electron chi connectivity index (χ1n) is 8.92. The van der Waals surface area contributed by atoms with Crippen LogP contribution in [-0.4, -0.2) is 29.4 Å². The van der Waals surface area contributed by atoms with E-state index in [4.69, 9.17) is 4.74 Å². The van der Waals surface area contributed by atoms with E-state index in [9.17, 15) is 9.59 Å². The van der Waals surface area contributed by atoms with Gasteiger partial charge in [-0.3, -0.25) is 4.79 Å². The predicted molar refractivity (Wildman–Crippen MR) is 89.8 cm³/mol. The lowest BCUT2D eigenvalue weighted by atomic mass is 9.92. The molecule has 1 aromatic carbocycles. The number of amides is 1. The van der Waals surface area contributed by atoms with Crippen LogP contribution < -0.4 is 0 Å². The van der Waals surface area contributed by atoms with E-state index in [1.165, 1.54) is 0 Å². The van der Waals surface area contributed by atoms with Gasteiger partial charge in [0.15, 0.2) is 0 Å². The summed E-state index contributed by atoms with van der Waals surface area (Å²) in [4.78, 5) is 27.2. The monoisotopic (exact) mass is 325 g/mol. The zero-order valence-electron chi connectivity index (χ0n) is 13.8. The molecule has 126 valence electrons. The van der Waals surface area contributed by atoms with E-state index in [-0.39, 0.29) is 24.4 Å². The maximum Gasteiger partial charge on any atom is 0.329 e. The van der Waals surface area contributed by atoms with Crippen LogP contribution >= 0.6 is 0 Å². The SMILES string of the molecule is O=C(OCc1ccccc1)[C@@H]1CCCN1C(=O)[C@H]1C[C@@H]2C=C[C@H]1C2. The summed E-state index contributed by atoms with van der Waals surface area (Å²) in [6, 6.07) is 9.27. The summed E-state index contributed by atoms with van der Waals surface area (Å²) in [6.45, 7) is 0.955. The van der Waals surface area contributed by atoms with Crippen LogP contribution in [0.5, 0.6) is 0 Å². The third-order valence-corrected chi connectivity index (χ3v) is 5.63. The van der Waals surface area contributed by atoms with Crippen LogP contribution in [0.3, 0.4) is 0 Å². The highest BCUT2D eigenvalue weighted by Crippen LogP contribution is 2.44. The Balaban J connectivity index is 1.38. The second-order valence-corrected chi connectivity index (χ2v) is 7.17. The molecule has 24 heavy (non-hydrogen) atoms. The van der Waals surface area contributed by atoms with Gasteiger partial charge in [-0.15, -0.1) is 0 Å². The Morgan fingerprint density at radius 2 is 1.96 bits per heavy atom. The summed E-state index contributed by atoms with van der Waals surface area (Å²) in [5.74, 6) is 0.913. The van der Waals surface area contributed by atoms with Crippen LogP contribution in [0.25, 0.3) is 0 Å². The number of nitrogens with zero attached hydrogens (tertiary/aromatic N) is 1. The lowest BCUT2D eigenvalue weighted by molar-refractivity contribution is -0.156. The number of rotatable bonds is 4. The summed E-state index contributed by atoms with van der Waals surface area (Å²) in [6.07, 6.45) is 8.08. The minimum atomic E-state index is -0.399. The first kappa shape index (κ1) is 15.4. The number of carbonyl (C=O) groups excluding carboxylic acids is 2. The van der Waals surface area contributed by atoms with Crippen molar-refractivity contribution in [3.63, 3.8) is 0 Å². The molecule has 0 N–H and O–H groups in total. The van der Waals surface area contributed by atoms with Gasteiger partial charge in [-0.2, -0.15) is 0 Å². The topological polar surface area (TPSA) is 46.6 Å². The third-order valence-electron chi connectivity index (χ3n) is 5.63. The van der Waals surface area contributed by atoms with Gasteiger partial charge < -0.3 is 9.64 Å². The standard InChI is InChI=1S/C20H23NO3/c22-19(17-12-15-8-9-16(17)11-15)21-10-4-7-18(21)20(23)24-13-14-5-2-1-3-6-14/h1-3,5-6,8-9,15-18H,4,7,10-13H2/t15-,16+,17+,18+/m1/s1. The molecule has 1 aromatic rings. The van der Waals surface area contributed by atoms with Gasteiger partial charge in [-0.25, -0.2) is 4.79 Å². The van der Waals surface area contributed by atoms with Crippen LogP contribution in [-0.2, 0) is 20.9 Å². The molecule has 4 atom stereocenters. The lowest BCUT2D eigenvalue weighted by Gasteiger charge is -2.28. The normalized spacial score (nSPS) is 30.8. The summed E-state index contributed by atoms with van der Waals surface area (Å²) in [7, 11) is 0. The number of fused-ring (bicyclic) bond motifs is 2. The van der Waals surface area contributed by atoms with Crippen molar-refractivity contribution in [3.8, 4) is 0 Å². The molecule has 4 heteroatoms. The van der Waals surface area contributed by atoms with E-state index in [1.54, 1.807) is 4.90 Å².